The van der Waals surface area contributed by atoms with E-state index in [-0.39, 0.29) is 11.9 Å². The number of halogens is 3. The topological polar surface area (TPSA) is 55.9 Å². The van der Waals surface area contributed by atoms with Crippen LogP contribution in [0.4, 0.5) is 23.7 Å². The van der Waals surface area contributed by atoms with Crippen molar-refractivity contribution in [2.24, 2.45) is 0 Å². The summed E-state index contributed by atoms with van der Waals surface area (Å²) in [5.74, 6) is -0.133. The van der Waals surface area contributed by atoms with Gasteiger partial charge in [0.05, 0.1) is 5.56 Å². The van der Waals surface area contributed by atoms with Crippen molar-refractivity contribution in [1.82, 2.24) is 15.1 Å². The van der Waals surface area contributed by atoms with E-state index in [1.165, 1.54) is 22.6 Å². The van der Waals surface area contributed by atoms with Crippen molar-refractivity contribution >= 4 is 17.6 Å². The maximum atomic E-state index is 13.2. The number of nitrogens with zero attached hydrogens (tertiary/aromatic N) is 3. The van der Waals surface area contributed by atoms with E-state index in [0.29, 0.717) is 44.6 Å². The van der Waals surface area contributed by atoms with Crippen molar-refractivity contribution in [3.05, 3.63) is 65.2 Å². The Balaban J connectivity index is 1.11. The van der Waals surface area contributed by atoms with Gasteiger partial charge >= 0.3 is 12.2 Å². The molecule has 1 atom stereocenters. The Labute approximate surface area is 202 Å². The molecule has 5 rings (SSSR count). The average molecular weight is 487 g/mol. The molecule has 6 nitrogen and oxygen atoms in total. The van der Waals surface area contributed by atoms with Crippen LogP contribution in [0.15, 0.2) is 48.5 Å². The van der Waals surface area contributed by atoms with Gasteiger partial charge < -0.3 is 10.2 Å². The van der Waals surface area contributed by atoms with Crippen LogP contribution in [0.1, 0.15) is 29.5 Å². The molecular weight excluding hydrogens is 457 g/mol. The van der Waals surface area contributed by atoms with Gasteiger partial charge in [0.1, 0.15) is 5.54 Å². The van der Waals surface area contributed by atoms with E-state index in [0.717, 1.165) is 37.7 Å². The summed E-state index contributed by atoms with van der Waals surface area (Å²) >= 11 is 0. The quantitative estimate of drug-likeness (QED) is 0.655. The van der Waals surface area contributed by atoms with Crippen molar-refractivity contribution in [3.63, 3.8) is 0 Å². The molecule has 0 bridgehead atoms. The fraction of sp³-hybridized carbons (Fsp3) is 0.462. The van der Waals surface area contributed by atoms with Crippen LogP contribution in [0.2, 0.25) is 0 Å². The Morgan fingerprint density at radius 3 is 2.40 bits per heavy atom. The molecule has 1 unspecified atom stereocenters. The summed E-state index contributed by atoms with van der Waals surface area (Å²) in [6.45, 7) is 3.79. The molecule has 2 fully saturated rings. The summed E-state index contributed by atoms with van der Waals surface area (Å²) < 4.78 is 39.1. The smallest absolute Gasteiger partial charge is 0.369 e. The lowest BCUT2D eigenvalue weighted by Gasteiger charge is -2.36. The van der Waals surface area contributed by atoms with Gasteiger partial charge in [-0.3, -0.25) is 14.6 Å². The van der Waals surface area contributed by atoms with E-state index < -0.39 is 17.3 Å². The second kappa shape index (κ2) is 9.18. The number of alkyl halides is 3. The van der Waals surface area contributed by atoms with E-state index in [2.05, 4.69) is 16.3 Å². The van der Waals surface area contributed by atoms with Gasteiger partial charge in [-0.15, -0.1) is 0 Å². The highest BCUT2D eigenvalue weighted by molar-refractivity contribution is 6.07. The average Bonchev–Trinajstić information content (AvgIpc) is 3.07. The standard InChI is InChI=1S/C26H29F3N4O2/c27-26(28,29)21-7-3-8-22(17-21)32-15-13-31(14-16-32)11-4-12-33-23(34)25(30-24(33)35)10-9-19-5-1-2-6-20(19)18-25/h1-3,5-8,17H,4,9-16,18H2,(H,30,35). The molecule has 35 heavy (non-hydrogen) atoms. The maximum absolute atomic E-state index is 13.2. The van der Waals surface area contributed by atoms with Gasteiger partial charge in [0.15, 0.2) is 0 Å². The summed E-state index contributed by atoms with van der Waals surface area (Å²) in [5, 5.41) is 2.97. The van der Waals surface area contributed by atoms with Gasteiger partial charge in [0.2, 0.25) is 0 Å². The zero-order chi connectivity index (χ0) is 24.6. The number of hydrogen-bond donors (Lipinski definition) is 1. The monoisotopic (exact) mass is 486 g/mol. The van der Waals surface area contributed by atoms with Gasteiger partial charge in [-0.1, -0.05) is 30.3 Å². The summed E-state index contributed by atoms with van der Waals surface area (Å²) in [7, 11) is 0. The first-order valence-corrected chi connectivity index (χ1v) is 12.1. The number of piperazine rings is 1. The van der Waals surface area contributed by atoms with Gasteiger partial charge in [0, 0.05) is 44.8 Å². The highest BCUT2D eigenvalue weighted by Gasteiger charge is 2.52. The first-order chi connectivity index (χ1) is 16.7. The van der Waals surface area contributed by atoms with Crippen LogP contribution in [0.5, 0.6) is 0 Å². The number of benzene rings is 2. The zero-order valence-electron chi connectivity index (χ0n) is 19.5. The fourth-order valence-corrected chi connectivity index (χ4v) is 5.46. The Morgan fingerprint density at radius 2 is 1.66 bits per heavy atom. The number of hydrogen-bond acceptors (Lipinski definition) is 4. The van der Waals surface area contributed by atoms with E-state index in [1.807, 2.05) is 23.1 Å². The molecule has 2 saturated heterocycles. The number of amides is 3. The number of rotatable bonds is 5. The second-order valence-electron chi connectivity index (χ2n) is 9.64. The Bertz CT molecular complexity index is 1110. The molecule has 3 amide bonds. The molecule has 2 aromatic carbocycles. The number of urea groups is 1. The number of fused-ring (bicyclic) bond motifs is 1. The van der Waals surface area contributed by atoms with E-state index in [1.54, 1.807) is 6.07 Å². The van der Waals surface area contributed by atoms with Gasteiger partial charge in [-0.25, -0.2) is 4.79 Å². The maximum Gasteiger partial charge on any atom is 0.416 e. The number of imide groups is 1. The minimum atomic E-state index is -4.35. The summed E-state index contributed by atoms with van der Waals surface area (Å²) in [6.07, 6.45) is -1.78. The van der Waals surface area contributed by atoms with Crippen molar-refractivity contribution < 1.29 is 22.8 Å². The summed E-state index contributed by atoms with van der Waals surface area (Å²) in [5.41, 5.74) is 1.47. The molecule has 3 aliphatic rings. The van der Waals surface area contributed by atoms with Crippen LogP contribution in [0, 0.1) is 0 Å². The van der Waals surface area contributed by atoms with Crippen LogP contribution in [-0.4, -0.2) is 66.5 Å². The first kappa shape index (κ1) is 23.7. The molecule has 9 heteroatoms. The molecule has 1 N–H and O–H groups in total. The number of nitrogens with one attached hydrogen (secondary N) is 1. The minimum absolute atomic E-state index is 0.133. The molecule has 186 valence electrons. The third-order valence-corrected chi connectivity index (χ3v) is 7.44. The predicted octanol–water partition coefficient (Wildman–Crippen LogP) is 3.70. The SMILES string of the molecule is O=C1NC2(CCc3ccccc3C2)C(=O)N1CCCN1CCN(c2cccc(C(F)(F)F)c2)CC1. The fourth-order valence-electron chi connectivity index (χ4n) is 5.46. The van der Waals surface area contributed by atoms with Crippen molar-refractivity contribution in [1.29, 1.82) is 0 Å². The molecule has 1 aliphatic carbocycles. The summed E-state index contributed by atoms with van der Waals surface area (Å²) in [6, 6.07) is 13.2. The third-order valence-electron chi connectivity index (χ3n) is 7.44. The van der Waals surface area contributed by atoms with Crippen LogP contribution in [0.3, 0.4) is 0 Å². The van der Waals surface area contributed by atoms with Gasteiger partial charge in [-0.2, -0.15) is 13.2 Å². The molecule has 2 heterocycles. The van der Waals surface area contributed by atoms with Gasteiger partial charge in [0.25, 0.3) is 5.91 Å². The van der Waals surface area contributed by atoms with E-state index in [4.69, 9.17) is 0 Å². The highest BCUT2D eigenvalue weighted by Crippen LogP contribution is 2.34. The third kappa shape index (κ3) is 4.74. The lowest BCUT2D eigenvalue weighted by molar-refractivity contribution is -0.137. The largest absolute Gasteiger partial charge is 0.416 e. The summed E-state index contributed by atoms with van der Waals surface area (Å²) in [4.78, 5) is 31.4. The van der Waals surface area contributed by atoms with Crippen molar-refractivity contribution in [2.75, 3.05) is 44.2 Å². The molecule has 2 aromatic rings. The van der Waals surface area contributed by atoms with Crippen LogP contribution >= 0.6 is 0 Å². The number of carbonyl (C=O) groups is 2. The predicted molar refractivity (Wildman–Crippen MR) is 126 cm³/mol. The van der Waals surface area contributed by atoms with E-state index >= 15 is 0 Å². The normalized spacial score (nSPS) is 23.1. The number of carbonyl (C=O) groups excluding carboxylic acids is 2. The molecule has 0 aromatic heterocycles. The van der Waals surface area contributed by atoms with Crippen LogP contribution < -0.4 is 10.2 Å². The molecule has 0 radical (unpaired) electrons. The molecular formula is C26H29F3N4O2. The lowest BCUT2D eigenvalue weighted by Crippen LogP contribution is -2.51. The van der Waals surface area contributed by atoms with Gasteiger partial charge in [-0.05, 0) is 55.1 Å². The van der Waals surface area contributed by atoms with Crippen molar-refractivity contribution in [2.45, 2.75) is 37.4 Å². The van der Waals surface area contributed by atoms with E-state index in [9.17, 15) is 22.8 Å². The Hall–Kier alpha value is -3.07. The van der Waals surface area contributed by atoms with Crippen molar-refractivity contribution in [3.8, 4) is 0 Å². The number of aryl methyl sites for hydroxylation is 1. The lowest BCUT2D eigenvalue weighted by atomic mass is 9.78. The first-order valence-electron chi connectivity index (χ1n) is 12.1. The Morgan fingerprint density at radius 1 is 0.914 bits per heavy atom. The zero-order valence-corrected chi connectivity index (χ0v) is 19.5. The van der Waals surface area contributed by atoms with Crippen LogP contribution in [0.25, 0.3) is 0 Å². The molecule has 2 aliphatic heterocycles. The highest BCUT2D eigenvalue weighted by atomic mass is 19.4. The second-order valence-corrected chi connectivity index (χ2v) is 9.64. The number of anilines is 1. The molecule has 1 spiro atoms. The molecule has 0 saturated carbocycles. The van der Waals surface area contributed by atoms with Crippen LogP contribution in [-0.2, 0) is 23.8 Å². The Kier molecular flexibility index (Phi) is 6.21. The minimum Gasteiger partial charge on any atom is -0.369 e.